The zero-order chi connectivity index (χ0) is 33.1. The average molecular weight is 629 g/mol. The van der Waals surface area contributed by atoms with Crippen LogP contribution in [0.25, 0.3) is 76.1 Å². The smallest absolute Gasteiger partial charge is 0.00728 e. The lowest BCUT2D eigenvalue weighted by Crippen LogP contribution is -2.09. The Bertz CT molecular complexity index is 2660. The van der Waals surface area contributed by atoms with Crippen LogP contribution < -0.4 is 0 Å². The van der Waals surface area contributed by atoms with Crippen molar-refractivity contribution in [2.75, 3.05) is 0 Å². The van der Waals surface area contributed by atoms with Gasteiger partial charge >= 0.3 is 0 Å². The van der Waals surface area contributed by atoms with Crippen LogP contribution in [0.2, 0.25) is 0 Å². The highest BCUT2D eigenvalue weighted by molar-refractivity contribution is 6.13. The maximum Gasteiger partial charge on any atom is -0.00728 e. The van der Waals surface area contributed by atoms with E-state index < -0.39 is 0 Å². The summed E-state index contributed by atoms with van der Waals surface area (Å²) in [5.41, 5.74) is 11.1. The van der Waals surface area contributed by atoms with Gasteiger partial charge in [-0.15, -0.1) is 0 Å². The molecule has 0 aliphatic heterocycles. The van der Waals surface area contributed by atoms with Gasteiger partial charge in [0, 0.05) is 0 Å². The highest BCUT2D eigenvalue weighted by Gasteiger charge is 2.24. The molecule has 0 radical (unpaired) electrons. The molecule has 9 rings (SSSR count). The zero-order valence-electron chi connectivity index (χ0n) is 28.6. The Labute approximate surface area is 289 Å². The second-order valence-corrected chi connectivity index (χ2v) is 14.0. The molecule has 0 heterocycles. The highest BCUT2D eigenvalue weighted by Crippen LogP contribution is 2.45. The third-order valence-corrected chi connectivity index (χ3v) is 11.1. The van der Waals surface area contributed by atoms with Gasteiger partial charge in [-0.05, 0) is 149 Å². The van der Waals surface area contributed by atoms with E-state index in [-0.39, 0.29) is 0 Å². The molecule has 1 aliphatic rings. The fourth-order valence-electron chi connectivity index (χ4n) is 8.50. The number of rotatable bonds is 5. The molecule has 1 aliphatic carbocycles. The molecule has 0 fully saturated rings. The van der Waals surface area contributed by atoms with Crippen LogP contribution in [0.3, 0.4) is 0 Å². The summed E-state index contributed by atoms with van der Waals surface area (Å²) in [5, 5.41) is 13.2. The van der Waals surface area contributed by atoms with Crippen molar-refractivity contribution in [1.82, 2.24) is 0 Å². The largest absolute Gasteiger partial charge is 0.0760 e. The van der Waals surface area contributed by atoms with E-state index >= 15 is 0 Å². The van der Waals surface area contributed by atoms with Crippen molar-refractivity contribution in [2.45, 2.75) is 40.0 Å². The summed E-state index contributed by atoms with van der Waals surface area (Å²) in [7, 11) is 0. The fraction of sp³-hybridized carbons (Fsp3) is 0.143. The predicted molar refractivity (Wildman–Crippen MR) is 214 cm³/mol. The quantitative estimate of drug-likeness (QED) is 0.166. The Morgan fingerprint density at radius 1 is 0.531 bits per heavy atom. The van der Waals surface area contributed by atoms with Crippen molar-refractivity contribution >= 4 is 65.0 Å². The van der Waals surface area contributed by atoms with Crippen molar-refractivity contribution in [3.05, 3.63) is 168 Å². The van der Waals surface area contributed by atoms with Gasteiger partial charge in [0.25, 0.3) is 0 Å². The van der Waals surface area contributed by atoms with E-state index in [9.17, 15) is 0 Å². The molecule has 0 amide bonds. The molecule has 8 aromatic rings. The number of benzene rings is 8. The van der Waals surface area contributed by atoms with Crippen LogP contribution in [0.5, 0.6) is 0 Å². The van der Waals surface area contributed by atoms with E-state index in [1.807, 2.05) is 0 Å². The van der Waals surface area contributed by atoms with Crippen LogP contribution in [0.4, 0.5) is 0 Å². The third-order valence-electron chi connectivity index (χ3n) is 11.1. The Balaban J connectivity index is 1.13. The monoisotopic (exact) mass is 628 g/mol. The summed E-state index contributed by atoms with van der Waals surface area (Å²) in [4.78, 5) is 0. The van der Waals surface area contributed by atoms with E-state index in [0.29, 0.717) is 5.92 Å². The minimum atomic E-state index is 0.459. The lowest BCUT2D eigenvalue weighted by atomic mass is 9.76. The second kappa shape index (κ2) is 11.9. The van der Waals surface area contributed by atoms with E-state index in [1.54, 1.807) is 0 Å². The summed E-state index contributed by atoms with van der Waals surface area (Å²) >= 11 is 0. The molecule has 0 saturated heterocycles. The van der Waals surface area contributed by atoms with Gasteiger partial charge in [-0.1, -0.05) is 141 Å². The normalized spacial score (nSPS) is 14.3. The van der Waals surface area contributed by atoms with Gasteiger partial charge in [0.05, 0.1) is 0 Å². The first-order valence-electron chi connectivity index (χ1n) is 17.9. The molecule has 236 valence electrons. The van der Waals surface area contributed by atoms with Crippen LogP contribution in [-0.2, 0) is 0 Å². The Morgan fingerprint density at radius 3 is 1.90 bits per heavy atom. The molecule has 0 saturated carbocycles. The Kier molecular flexibility index (Phi) is 7.20. The summed E-state index contributed by atoms with van der Waals surface area (Å²) in [6.45, 7) is 7.04. The van der Waals surface area contributed by atoms with Crippen LogP contribution in [0, 0.1) is 12.8 Å². The van der Waals surface area contributed by atoms with Crippen LogP contribution in [-0.4, -0.2) is 0 Å². The number of hydrogen-bond donors (Lipinski definition) is 0. The lowest BCUT2D eigenvalue weighted by Gasteiger charge is -2.28. The first kappa shape index (κ1) is 29.7. The zero-order valence-corrected chi connectivity index (χ0v) is 28.6. The average Bonchev–Trinajstić information content (AvgIpc) is 3.16. The molecule has 0 N–H and O–H groups in total. The van der Waals surface area contributed by atoms with Gasteiger partial charge in [-0.2, -0.15) is 0 Å². The number of fused-ring (bicyclic) bond motifs is 7. The first-order chi connectivity index (χ1) is 24.1. The van der Waals surface area contributed by atoms with Crippen LogP contribution in [0.15, 0.2) is 151 Å². The molecule has 0 heteroatoms. The SMILES string of the molecule is CCC(C)C1=C(c2cccc3c2c(C)cc2ccccc23)CCC=C1c1ccc2cc(-c3ccc4c(ccc5ccccc54)c3)ccc2c1. The molecule has 0 nitrogen and oxygen atoms in total. The van der Waals surface area contributed by atoms with Gasteiger partial charge in [0.2, 0.25) is 0 Å². The number of allylic oxidation sites excluding steroid dienone is 4. The molecule has 8 aromatic carbocycles. The van der Waals surface area contributed by atoms with Crippen molar-refractivity contribution in [1.29, 1.82) is 0 Å². The van der Waals surface area contributed by atoms with Crippen molar-refractivity contribution in [2.24, 2.45) is 5.92 Å². The Hall–Kier alpha value is -5.46. The summed E-state index contributed by atoms with van der Waals surface area (Å²) < 4.78 is 0. The van der Waals surface area contributed by atoms with E-state index in [2.05, 4.69) is 166 Å². The topological polar surface area (TPSA) is 0 Å². The van der Waals surface area contributed by atoms with Crippen molar-refractivity contribution < 1.29 is 0 Å². The summed E-state index contributed by atoms with van der Waals surface area (Å²) in [6, 6.07) is 52.3. The lowest BCUT2D eigenvalue weighted by molar-refractivity contribution is 0.670. The number of hydrogen-bond acceptors (Lipinski definition) is 0. The van der Waals surface area contributed by atoms with Gasteiger partial charge in [0.15, 0.2) is 0 Å². The van der Waals surface area contributed by atoms with E-state index in [4.69, 9.17) is 0 Å². The minimum absolute atomic E-state index is 0.459. The van der Waals surface area contributed by atoms with Gasteiger partial charge < -0.3 is 0 Å². The Morgan fingerprint density at radius 2 is 1.10 bits per heavy atom. The fourth-order valence-corrected chi connectivity index (χ4v) is 8.50. The second-order valence-electron chi connectivity index (χ2n) is 14.0. The van der Waals surface area contributed by atoms with E-state index in [1.165, 1.54) is 98.4 Å². The van der Waals surface area contributed by atoms with Crippen LogP contribution >= 0.6 is 0 Å². The first-order valence-corrected chi connectivity index (χ1v) is 17.9. The standard InChI is InChI=1S/C49H40/c1-4-31(2)48-44(15-9-17-46(48)47-18-10-16-45-42-14-8-6-12-38(42)27-32(3)49(45)47)40-24-22-35-28-34(20-21-36(35)30-40)37-25-26-43-39(29-37)23-19-33-11-5-7-13-41(33)43/h5-8,10-16,18-31H,4,9,17H2,1-3H3. The van der Waals surface area contributed by atoms with Crippen LogP contribution in [0.1, 0.15) is 49.8 Å². The molecular weight excluding hydrogens is 589 g/mol. The van der Waals surface area contributed by atoms with Gasteiger partial charge in [0.1, 0.15) is 0 Å². The predicted octanol–water partition coefficient (Wildman–Crippen LogP) is 14.1. The maximum atomic E-state index is 2.51. The van der Waals surface area contributed by atoms with Crippen molar-refractivity contribution in [3.63, 3.8) is 0 Å². The maximum absolute atomic E-state index is 2.51. The minimum Gasteiger partial charge on any atom is -0.0760 e. The molecular formula is C49H40. The summed E-state index contributed by atoms with van der Waals surface area (Å²) in [5.74, 6) is 0.459. The molecule has 0 bridgehead atoms. The third kappa shape index (κ3) is 4.98. The highest BCUT2D eigenvalue weighted by atomic mass is 14.3. The van der Waals surface area contributed by atoms with Crippen molar-refractivity contribution in [3.8, 4) is 11.1 Å². The molecule has 0 spiro atoms. The van der Waals surface area contributed by atoms with E-state index in [0.717, 1.165) is 19.3 Å². The van der Waals surface area contributed by atoms with Gasteiger partial charge in [-0.3, -0.25) is 0 Å². The summed E-state index contributed by atoms with van der Waals surface area (Å²) in [6.07, 6.45) is 5.75. The molecule has 1 unspecified atom stereocenters. The molecule has 49 heavy (non-hydrogen) atoms. The number of aryl methyl sites for hydroxylation is 1. The molecule has 0 aromatic heterocycles. The van der Waals surface area contributed by atoms with Gasteiger partial charge in [-0.25, -0.2) is 0 Å². The molecule has 1 atom stereocenters.